The van der Waals surface area contributed by atoms with Gasteiger partial charge in [0.05, 0.1) is 12.1 Å². The monoisotopic (exact) mass is 302 g/mol. The van der Waals surface area contributed by atoms with Crippen LogP contribution >= 0.6 is 0 Å². The largest absolute Gasteiger partial charge is 0.376 e. The Balaban J connectivity index is 1.82. The van der Waals surface area contributed by atoms with Gasteiger partial charge in [0.25, 0.3) is 5.91 Å². The summed E-state index contributed by atoms with van der Waals surface area (Å²) in [7, 11) is 4.17. The summed E-state index contributed by atoms with van der Waals surface area (Å²) in [4.78, 5) is 17.2. The molecule has 0 bridgehead atoms. The summed E-state index contributed by atoms with van der Waals surface area (Å²) in [6.07, 6.45) is 2.53. The van der Waals surface area contributed by atoms with Gasteiger partial charge in [0.15, 0.2) is 0 Å². The van der Waals surface area contributed by atoms with E-state index in [1.165, 1.54) is 0 Å². The van der Waals surface area contributed by atoms with Crippen LogP contribution in [0.5, 0.6) is 0 Å². The molecule has 2 saturated heterocycles. The number of nitrogens with zero attached hydrogens (tertiary/aromatic N) is 2. The van der Waals surface area contributed by atoms with Gasteiger partial charge in [0.2, 0.25) is 0 Å². The van der Waals surface area contributed by atoms with E-state index in [-0.39, 0.29) is 18.1 Å². The minimum Gasteiger partial charge on any atom is -0.376 e. The number of piperidine rings is 1. The highest BCUT2D eigenvalue weighted by Gasteiger charge is 2.41. The van der Waals surface area contributed by atoms with Crippen molar-refractivity contribution in [2.45, 2.75) is 31.9 Å². The van der Waals surface area contributed by atoms with Crippen molar-refractivity contribution >= 4 is 5.91 Å². The van der Waals surface area contributed by atoms with Crippen LogP contribution in [0.4, 0.5) is 0 Å². The fourth-order valence-corrected chi connectivity index (χ4v) is 3.78. The first-order valence-electron chi connectivity index (χ1n) is 8.21. The molecular formula is C18H26N2O2. The summed E-state index contributed by atoms with van der Waals surface area (Å²) in [6, 6.07) is 8.15. The smallest absolute Gasteiger partial charge is 0.254 e. The maximum Gasteiger partial charge on any atom is 0.254 e. The van der Waals surface area contributed by atoms with Crippen LogP contribution in [0.25, 0.3) is 0 Å². The number of hydrogen-bond donors (Lipinski definition) is 0. The molecule has 2 aliphatic rings. The average Bonchev–Trinajstić information content (AvgIpc) is 2.53. The minimum absolute atomic E-state index is 0.161. The molecule has 4 heteroatoms. The Morgan fingerprint density at radius 2 is 2.05 bits per heavy atom. The number of carbonyl (C=O) groups is 1. The number of benzene rings is 1. The second kappa shape index (κ2) is 6.39. The van der Waals surface area contributed by atoms with Crippen LogP contribution in [0, 0.1) is 12.8 Å². The van der Waals surface area contributed by atoms with Crippen molar-refractivity contribution in [2.75, 3.05) is 33.8 Å². The number of fused-ring (bicyclic) bond motifs is 1. The quantitative estimate of drug-likeness (QED) is 0.839. The van der Waals surface area contributed by atoms with Gasteiger partial charge < -0.3 is 14.5 Å². The van der Waals surface area contributed by atoms with Gasteiger partial charge in [-0.15, -0.1) is 0 Å². The van der Waals surface area contributed by atoms with Gasteiger partial charge in [-0.2, -0.15) is 0 Å². The Kier molecular flexibility index (Phi) is 4.50. The molecule has 1 aromatic carbocycles. The van der Waals surface area contributed by atoms with Crippen LogP contribution in [-0.4, -0.2) is 61.6 Å². The molecule has 0 saturated carbocycles. The first-order chi connectivity index (χ1) is 10.6. The molecule has 120 valence electrons. The average molecular weight is 302 g/mol. The highest BCUT2D eigenvalue weighted by molar-refractivity contribution is 5.95. The maximum absolute atomic E-state index is 12.9. The molecule has 3 rings (SSSR count). The van der Waals surface area contributed by atoms with E-state index in [1.54, 1.807) is 0 Å². The fourth-order valence-electron chi connectivity index (χ4n) is 3.78. The first-order valence-corrected chi connectivity index (χ1v) is 8.21. The van der Waals surface area contributed by atoms with Gasteiger partial charge in [-0.05, 0) is 45.5 Å². The fraction of sp³-hybridized carbons (Fsp3) is 0.611. The SMILES string of the molecule is Cc1ccccc1C(=O)N1C[C@@H]2CCCO[C@@H]2[C@H](N(C)C)C1. The third kappa shape index (κ3) is 2.90. The molecular weight excluding hydrogens is 276 g/mol. The Morgan fingerprint density at radius 1 is 1.27 bits per heavy atom. The molecule has 4 nitrogen and oxygen atoms in total. The Hall–Kier alpha value is -1.39. The summed E-state index contributed by atoms with van der Waals surface area (Å²) >= 11 is 0. The van der Waals surface area contributed by atoms with Crippen LogP contribution in [-0.2, 0) is 4.74 Å². The van der Waals surface area contributed by atoms with Crippen molar-refractivity contribution in [3.8, 4) is 0 Å². The van der Waals surface area contributed by atoms with Crippen molar-refractivity contribution in [1.82, 2.24) is 9.80 Å². The van der Waals surface area contributed by atoms with Crippen molar-refractivity contribution in [1.29, 1.82) is 0 Å². The Morgan fingerprint density at radius 3 is 2.77 bits per heavy atom. The molecule has 1 amide bonds. The zero-order valence-electron chi connectivity index (χ0n) is 13.8. The molecule has 0 aliphatic carbocycles. The first kappa shape index (κ1) is 15.5. The number of rotatable bonds is 2. The number of amides is 1. The summed E-state index contributed by atoms with van der Waals surface area (Å²) < 4.78 is 6.03. The van der Waals surface area contributed by atoms with E-state index in [1.807, 2.05) is 36.1 Å². The summed E-state index contributed by atoms with van der Waals surface area (Å²) in [5.74, 6) is 0.622. The highest BCUT2D eigenvalue weighted by atomic mass is 16.5. The molecule has 0 aromatic heterocycles. The Labute approximate surface area is 133 Å². The lowest BCUT2D eigenvalue weighted by molar-refractivity contribution is -0.0997. The molecule has 0 radical (unpaired) electrons. The number of likely N-dealkylation sites (N-methyl/N-ethyl adjacent to an activating group) is 1. The lowest BCUT2D eigenvalue weighted by Crippen LogP contribution is -2.60. The van der Waals surface area contributed by atoms with Gasteiger partial charge in [-0.3, -0.25) is 4.79 Å². The zero-order chi connectivity index (χ0) is 15.7. The molecule has 0 N–H and O–H groups in total. The molecule has 2 heterocycles. The molecule has 0 unspecified atom stereocenters. The third-order valence-corrected chi connectivity index (χ3v) is 5.06. The zero-order valence-corrected chi connectivity index (χ0v) is 13.8. The second-order valence-electron chi connectivity index (χ2n) is 6.79. The van der Waals surface area contributed by atoms with E-state index in [0.29, 0.717) is 5.92 Å². The van der Waals surface area contributed by atoms with Crippen LogP contribution < -0.4 is 0 Å². The van der Waals surface area contributed by atoms with E-state index in [0.717, 1.165) is 43.7 Å². The summed E-state index contributed by atoms with van der Waals surface area (Å²) in [6.45, 7) is 4.44. The van der Waals surface area contributed by atoms with Crippen LogP contribution in [0.15, 0.2) is 24.3 Å². The van der Waals surface area contributed by atoms with Gasteiger partial charge in [-0.1, -0.05) is 18.2 Å². The van der Waals surface area contributed by atoms with Crippen LogP contribution in [0.2, 0.25) is 0 Å². The molecule has 0 spiro atoms. The number of likely N-dealkylation sites (tertiary alicyclic amines) is 1. The maximum atomic E-state index is 12.9. The predicted octanol–water partition coefficient (Wildman–Crippen LogP) is 2.18. The van der Waals surface area contributed by atoms with E-state index >= 15 is 0 Å². The van der Waals surface area contributed by atoms with E-state index in [4.69, 9.17) is 4.74 Å². The number of hydrogen-bond acceptors (Lipinski definition) is 3. The summed E-state index contributed by atoms with van der Waals surface area (Å²) in [5.41, 5.74) is 1.88. The molecule has 1 aromatic rings. The molecule has 2 fully saturated rings. The third-order valence-electron chi connectivity index (χ3n) is 5.06. The van der Waals surface area contributed by atoms with Crippen LogP contribution in [0.3, 0.4) is 0 Å². The molecule has 22 heavy (non-hydrogen) atoms. The summed E-state index contributed by atoms with van der Waals surface area (Å²) in [5, 5.41) is 0. The lowest BCUT2D eigenvalue weighted by atomic mass is 9.84. The Bertz CT molecular complexity index is 544. The van der Waals surface area contributed by atoms with Gasteiger partial charge >= 0.3 is 0 Å². The standard InChI is InChI=1S/C18H26N2O2/c1-13-7-4-5-9-15(13)18(21)20-11-14-8-6-10-22-17(14)16(12-20)19(2)3/h4-5,7,9,14,16-17H,6,8,10-12H2,1-3H3/t14-,16+,17-/m0/s1. The highest BCUT2D eigenvalue weighted by Crippen LogP contribution is 2.31. The predicted molar refractivity (Wildman–Crippen MR) is 87.0 cm³/mol. The lowest BCUT2D eigenvalue weighted by Gasteiger charge is -2.48. The van der Waals surface area contributed by atoms with Gasteiger partial charge in [0.1, 0.15) is 0 Å². The minimum atomic E-state index is 0.161. The number of carbonyl (C=O) groups excluding carboxylic acids is 1. The van der Waals surface area contributed by atoms with Gasteiger partial charge in [-0.25, -0.2) is 0 Å². The normalized spacial score (nSPS) is 28.5. The second-order valence-corrected chi connectivity index (χ2v) is 6.79. The van der Waals surface area contributed by atoms with Gasteiger partial charge in [0, 0.05) is 31.2 Å². The van der Waals surface area contributed by atoms with Crippen molar-refractivity contribution < 1.29 is 9.53 Å². The van der Waals surface area contributed by atoms with E-state index in [2.05, 4.69) is 19.0 Å². The number of aryl methyl sites for hydroxylation is 1. The van der Waals surface area contributed by atoms with Crippen molar-refractivity contribution in [2.24, 2.45) is 5.92 Å². The van der Waals surface area contributed by atoms with Crippen molar-refractivity contribution in [3.05, 3.63) is 35.4 Å². The van der Waals surface area contributed by atoms with Crippen molar-refractivity contribution in [3.63, 3.8) is 0 Å². The van der Waals surface area contributed by atoms with E-state index < -0.39 is 0 Å². The number of ether oxygens (including phenoxy) is 1. The molecule has 2 aliphatic heterocycles. The van der Waals surface area contributed by atoms with E-state index in [9.17, 15) is 4.79 Å². The van der Waals surface area contributed by atoms with Crippen LogP contribution in [0.1, 0.15) is 28.8 Å². The molecule has 3 atom stereocenters. The topological polar surface area (TPSA) is 32.8 Å².